The van der Waals surface area contributed by atoms with Gasteiger partial charge >= 0.3 is 29.9 Å². The van der Waals surface area contributed by atoms with Crippen LogP contribution in [0.4, 0.5) is 4.79 Å². The molecule has 0 radical (unpaired) electrons. The highest BCUT2D eigenvalue weighted by atomic mass is 16.6. The Morgan fingerprint density at radius 2 is 1.58 bits per heavy atom. The van der Waals surface area contributed by atoms with Crippen LogP contribution in [0.15, 0.2) is 84.1 Å². The number of fused-ring (bicyclic) bond motifs is 4. The number of aliphatic hydroxyl groups excluding tert-OH is 1. The Morgan fingerprint density at radius 1 is 0.950 bits per heavy atom. The van der Waals surface area contributed by atoms with E-state index in [0.717, 1.165) is 0 Å². The Morgan fingerprint density at radius 3 is 2.15 bits per heavy atom. The third kappa shape index (κ3) is 7.09. The van der Waals surface area contributed by atoms with Gasteiger partial charge in [-0.1, -0.05) is 69.0 Å². The molecule has 1 unspecified atom stereocenters. The van der Waals surface area contributed by atoms with E-state index in [1.54, 1.807) is 102 Å². The van der Waals surface area contributed by atoms with Crippen molar-refractivity contribution in [2.45, 2.75) is 122 Å². The van der Waals surface area contributed by atoms with Crippen LogP contribution in [0.3, 0.4) is 0 Å². The molecular weight excluding hydrogens is 773 g/mol. The summed E-state index contributed by atoms with van der Waals surface area (Å²) in [5.41, 5.74) is -4.87. The second-order valence-corrected chi connectivity index (χ2v) is 18.8. The number of ether oxygens (including phenoxy) is 5. The van der Waals surface area contributed by atoms with Crippen molar-refractivity contribution in [1.82, 2.24) is 10.6 Å². The standard InChI is InChI=1S/C46H56N2O12/c1-24-31(58-40(53)35(51)34(28-16-12-10-13-17-28)47-41(54)48-42(5,6)7)22-46(55)38(59-39(52)29-18-14-11-15-19-29)37-44(25(2)36(57-26(3)49)33(24)43(46,8)9)21-30(44)20-32-45(37,23-56-32)60-27(4)50/h10-19,30,32-38,51,55H,2,20-23H2,1,3-9H3,(H2,47,48,54)/t30-,32-,33?,34+,35-,36+,37+,38+,44-,45+,46-/m1/s1. The van der Waals surface area contributed by atoms with Crippen LogP contribution >= 0.6 is 0 Å². The molecule has 11 atom stereocenters. The zero-order valence-corrected chi connectivity index (χ0v) is 35.4. The fourth-order valence-corrected chi connectivity index (χ4v) is 10.8. The minimum absolute atomic E-state index is 0.0548. The van der Waals surface area contributed by atoms with E-state index in [1.165, 1.54) is 13.8 Å². The van der Waals surface area contributed by atoms with Gasteiger partial charge in [0.05, 0.1) is 24.1 Å². The van der Waals surface area contributed by atoms with Crippen LogP contribution in [0, 0.1) is 28.6 Å². The SMILES string of the molecule is C=C1[C@H](OC(C)=O)C2C(C)=C(OC(=O)[C@H](O)[C@@H](NC(=O)NC(C)(C)C)c3ccccc3)C[C@@](O)([C@@H](OC(=O)c3ccccc3)[C@@H]3[C@]4(OC(C)=O)CO[C@@H]4C[C@@H]4C[C@@]143)C2(C)C. The fraction of sp³-hybridized carbons (Fsp3) is 0.543. The van der Waals surface area contributed by atoms with E-state index in [1.807, 2.05) is 0 Å². The van der Waals surface area contributed by atoms with Gasteiger partial charge in [-0.3, -0.25) is 9.59 Å². The number of aliphatic hydroxyl groups is 2. The summed E-state index contributed by atoms with van der Waals surface area (Å²) in [6, 6.07) is 14.8. The minimum atomic E-state index is -2.12. The van der Waals surface area contributed by atoms with Gasteiger partial charge in [-0.25, -0.2) is 14.4 Å². The van der Waals surface area contributed by atoms with E-state index in [-0.39, 0.29) is 23.8 Å². The monoisotopic (exact) mass is 828 g/mol. The zero-order chi connectivity index (χ0) is 43.7. The molecule has 1 aliphatic heterocycles. The number of rotatable bonds is 9. The van der Waals surface area contributed by atoms with E-state index < -0.39 is 106 Å². The van der Waals surface area contributed by atoms with Crippen molar-refractivity contribution in [2.24, 2.45) is 28.6 Å². The number of benzene rings is 2. The van der Waals surface area contributed by atoms with Crippen LogP contribution < -0.4 is 10.6 Å². The molecule has 4 fully saturated rings. The second-order valence-electron chi connectivity index (χ2n) is 18.8. The number of esters is 4. The molecule has 4 N–H and O–H groups in total. The van der Waals surface area contributed by atoms with Crippen LogP contribution in [-0.4, -0.2) is 87.9 Å². The Kier molecular flexibility index (Phi) is 10.9. The van der Waals surface area contributed by atoms with Gasteiger partial charge in [-0.05, 0) is 75.3 Å². The number of carbonyl (C=O) groups excluding carboxylic acids is 5. The lowest BCUT2D eigenvalue weighted by atomic mass is 9.46. The van der Waals surface area contributed by atoms with Gasteiger partial charge < -0.3 is 44.5 Å². The van der Waals surface area contributed by atoms with Gasteiger partial charge in [0.1, 0.15) is 29.7 Å². The fourth-order valence-electron chi connectivity index (χ4n) is 10.8. The van der Waals surface area contributed by atoms with Gasteiger partial charge in [-0.15, -0.1) is 0 Å². The third-order valence-corrected chi connectivity index (χ3v) is 13.6. The predicted octanol–water partition coefficient (Wildman–Crippen LogP) is 5.23. The van der Waals surface area contributed by atoms with Crippen molar-refractivity contribution in [3.8, 4) is 0 Å². The van der Waals surface area contributed by atoms with Crippen LogP contribution in [0.25, 0.3) is 0 Å². The Bertz CT molecular complexity index is 2110. The summed E-state index contributed by atoms with van der Waals surface area (Å²) in [7, 11) is 0. The van der Waals surface area contributed by atoms with E-state index in [2.05, 4.69) is 17.2 Å². The first-order valence-corrected chi connectivity index (χ1v) is 20.5. The summed E-state index contributed by atoms with van der Waals surface area (Å²) >= 11 is 0. The molecule has 3 saturated carbocycles. The Labute approximate surface area is 350 Å². The van der Waals surface area contributed by atoms with Crippen LogP contribution in [0.1, 0.15) is 96.6 Å². The number of carbonyl (C=O) groups is 5. The highest BCUT2D eigenvalue weighted by molar-refractivity contribution is 5.89. The van der Waals surface area contributed by atoms with Gasteiger partial charge in [0.2, 0.25) is 0 Å². The van der Waals surface area contributed by atoms with Crippen LogP contribution in [0.2, 0.25) is 0 Å². The van der Waals surface area contributed by atoms with Crippen LogP contribution in [0.5, 0.6) is 0 Å². The molecule has 1 heterocycles. The van der Waals surface area contributed by atoms with Crippen molar-refractivity contribution in [3.05, 3.63) is 95.3 Å². The lowest BCUT2D eigenvalue weighted by Crippen LogP contribution is -2.77. The van der Waals surface area contributed by atoms with Crippen molar-refractivity contribution < 1.29 is 57.9 Å². The van der Waals surface area contributed by atoms with E-state index >= 15 is 0 Å². The van der Waals surface area contributed by atoms with Crippen molar-refractivity contribution in [2.75, 3.05) is 6.61 Å². The molecule has 2 amide bonds. The van der Waals surface area contributed by atoms with E-state index in [0.29, 0.717) is 29.6 Å². The average molecular weight is 829 g/mol. The number of hydrogen-bond donors (Lipinski definition) is 4. The molecule has 2 aromatic carbocycles. The number of nitrogens with one attached hydrogen (secondary N) is 2. The molecule has 0 aromatic heterocycles. The number of urea groups is 1. The van der Waals surface area contributed by atoms with Crippen molar-refractivity contribution in [1.29, 1.82) is 0 Å². The maximum Gasteiger partial charge on any atom is 0.342 e. The molecular formula is C46H56N2O12. The van der Waals surface area contributed by atoms with Gasteiger partial charge in [0.15, 0.2) is 11.7 Å². The normalized spacial score (nSPS) is 33.3. The lowest BCUT2D eigenvalue weighted by Gasteiger charge is -2.65. The van der Waals surface area contributed by atoms with Crippen molar-refractivity contribution in [3.63, 3.8) is 0 Å². The smallest absolute Gasteiger partial charge is 0.342 e. The molecule has 2 aromatic rings. The zero-order valence-electron chi connectivity index (χ0n) is 35.4. The number of hydrogen-bond acceptors (Lipinski definition) is 12. The number of amides is 2. The minimum Gasteiger partial charge on any atom is -0.457 e. The second kappa shape index (κ2) is 15.1. The van der Waals surface area contributed by atoms with E-state index in [4.69, 9.17) is 23.7 Å². The molecule has 14 nitrogen and oxygen atoms in total. The summed E-state index contributed by atoms with van der Waals surface area (Å²) < 4.78 is 31.3. The maximum atomic E-state index is 14.3. The molecule has 322 valence electrons. The van der Waals surface area contributed by atoms with E-state index in [9.17, 15) is 34.2 Å². The summed E-state index contributed by atoms with van der Waals surface area (Å²) in [5, 5.41) is 31.0. The third-order valence-electron chi connectivity index (χ3n) is 13.6. The lowest BCUT2D eigenvalue weighted by molar-refractivity contribution is -0.327. The first-order valence-electron chi connectivity index (χ1n) is 20.5. The summed E-state index contributed by atoms with van der Waals surface area (Å²) in [5.74, 6) is -5.15. The highest BCUT2D eigenvalue weighted by Crippen LogP contribution is 2.77. The maximum absolute atomic E-state index is 14.3. The molecule has 14 heteroatoms. The first-order chi connectivity index (χ1) is 28.1. The summed E-state index contributed by atoms with van der Waals surface area (Å²) in [4.78, 5) is 67.8. The largest absolute Gasteiger partial charge is 0.457 e. The van der Waals surface area contributed by atoms with Crippen LogP contribution in [-0.2, 0) is 38.1 Å². The summed E-state index contributed by atoms with van der Waals surface area (Å²) in [6.45, 7) is 17.7. The molecule has 7 rings (SSSR count). The Balaban J connectivity index is 1.37. The van der Waals surface area contributed by atoms with Crippen molar-refractivity contribution >= 4 is 29.9 Å². The van der Waals surface area contributed by atoms with Gasteiger partial charge in [0.25, 0.3) is 0 Å². The molecule has 2 bridgehead atoms. The molecule has 4 aliphatic carbocycles. The topological polar surface area (TPSA) is 196 Å². The predicted molar refractivity (Wildman–Crippen MR) is 215 cm³/mol. The van der Waals surface area contributed by atoms with Gasteiger partial charge in [0, 0.05) is 42.6 Å². The Hall–Kier alpha value is -5.05. The molecule has 1 spiro atoms. The quantitative estimate of drug-likeness (QED) is 0.146. The van der Waals surface area contributed by atoms with Gasteiger partial charge in [-0.2, -0.15) is 0 Å². The average Bonchev–Trinajstić information content (AvgIpc) is 3.90. The molecule has 5 aliphatic rings. The molecule has 60 heavy (non-hydrogen) atoms. The highest BCUT2D eigenvalue weighted by Gasteiger charge is 2.82. The molecule has 1 saturated heterocycles. The summed E-state index contributed by atoms with van der Waals surface area (Å²) in [6.07, 6.45) is -4.51. The first kappa shape index (κ1) is 43.1.